The fraction of sp³-hybridized carbons (Fsp3) is 0.435. The van der Waals surface area contributed by atoms with E-state index in [-0.39, 0.29) is 5.82 Å². The van der Waals surface area contributed by atoms with E-state index in [2.05, 4.69) is 50.9 Å². The topological polar surface area (TPSA) is 42.9 Å². The summed E-state index contributed by atoms with van der Waals surface area (Å²) in [7, 11) is 5.45. The van der Waals surface area contributed by atoms with Crippen molar-refractivity contribution in [1.29, 1.82) is 0 Å². The average molecular weight is 398 g/mol. The molecule has 5 nitrogen and oxygen atoms in total. The third-order valence-electron chi connectivity index (χ3n) is 5.35. The van der Waals surface area contributed by atoms with E-state index in [9.17, 15) is 4.39 Å². The molecule has 0 spiro atoms. The number of hydrogen-bond acceptors (Lipinski definition) is 3. The Morgan fingerprint density at radius 2 is 1.83 bits per heavy atom. The van der Waals surface area contributed by atoms with E-state index in [4.69, 9.17) is 0 Å². The highest BCUT2D eigenvalue weighted by atomic mass is 19.1. The number of likely N-dealkylation sites (tertiary alicyclic amines) is 1. The van der Waals surface area contributed by atoms with E-state index >= 15 is 0 Å². The molecule has 0 atom stereocenters. The first-order valence-electron chi connectivity index (χ1n) is 10.2. The molecule has 0 aromatic heterocycles. The van der Waals surface area contributed by atoms with E-state index in [1.807, 2.05) is 26.2 Å². The van der Waals surface area contributed by atoms with Crippen LogP contribution in [0.3, 0.4) is 0 Å². The molecule has 2 N–H and O–H groups in total. The van der Waals surface area contributed by atoms with E-state index in [0.29, 0.717) is 18.3 Å². The Balaban J connectivity index is 1.44. The summed E-state index contributed by atoms with van der Waals surface area (Å²) in [5, 5.41) is 6.82. The van der Waals surface area contributed by atoms with Crippen molar-refractivity contribution in [2.75, 3.05) is 39.1 Å². The molecular weight excluding hydrogens is 365 g/mol. The highest BCUT2D eigenvalue weighted by Gasteiger charge is 2.20. The maximum Gasteiger partial charge on any atom is 0.191 e. The quantitative estimate of drug-likeness (QED) is 0.580. The molecule has 29 heavy (non-hydrogen) atoms. The first-order valence-corrected chi connectivity index (χ1v) is 10.2. The lowest BCUT2D eigenvalue weighted by Gasteiger charge is -2.33. The zero-order valence-electron chi connectivity index (χ0n) is 17.7. The van der Waals surface area contributed by atoms with Gasteiger partial charge in [0, 0.05) is 53.4 Å². The number of guanidine groups is 1. The Bertz CT molecular complexity index is 798. The molecular formula is C23H32FN5. The van der Waals surface area contributed by atoms with Crippen molar-refractivity contribution in [3.8, 4) is 0 Å². The molecule has 0 aliphatic carbocycles. The number of halogens is 1. The lowest BCUT2D eigenvalue weighted by molar-refractivity contribution is 0.198. The van der Waals surface area contributed by atoms with Crippen LogP contribution in [-0.4, -0.2) is 51.1 Å². The van der Waals surface area contributed by atoms with Crippen LogP contribution in [0.15, 0.2) is 53.5 Å². The summed E-state index contributed by atoms with van der Waals surface area (Å²) >= 11 is 0. The summed E-state index contributed by atoms with van der Waals surface area (Å²) < 4.78 is 14.2. The number of aliphatic imine (C=N–C) groups is 1. The summed E-state index contributed by atoms with van der Waals surface area (Å²) in [5.41, 5.74) is 2.86. The van der Waals surface area contributed by atoms with Crippen molar-refractivity contribution in [2.45, 2.75) is 32.0 Å². The molecule has 1 saturated heterocycles. The van der Waals surface area contributed by atoms with Crippen molar-refractivity contribution in [2.24, 2.45) is 4.99 Å². The number of piperidine rings is 1. The van der Waals surface area contributed by atoms with Crippen LogP contribution in [0, 0.1) is 5.82 Å². The molecule has 1 heterocycles. The summed E-state index contributed by atoms with van der Waals surface area (Å²) in [6, 6.07) is 16.4. The van der Waals surface area contributed by atoms with E-state index < -0.39 is 0 Å². The van der Waals surface area contributed by atoms with Gasteiger partial charge < -0.3 is 15.5 Å². The third-order valence-corrected chi connectivity index (χ3v) is 5.35. The van der Waals surface area contributed by atoms with Gasteiger partial charge in [0.25, 0.3) is 0 Å². The molecule has 3 rings (SSSR count). The number of anilines is 1. The number of nitrogens with zero attached hydrogens (tertiary/aromatic N) is 3. The summed E-state index contributed by atoms with van der Waals surface area (Å²) in [6.07, 6.45) is 2.17. The van der Waals surface area contributed by atoms with Crippen LogP contribution < -0.4 is 15.5 Å². The summed E-state index contributed by atoms with van der Waals surface area (Å²) in [4.78, 5) is 8.60. The molecule has 1 aliphatic rings. The molecule has 2 aromatic carbocycles. The summed E-state index contributed by atoms with van der Waals surface area (Å²) in [5.74, 6) is 0.562. The molecule has 0 amide bonds. The Labute approximate surface area is 173 Å². The highest BCUT2D eigenvalue weighted by molar-refractivity contribution is 5.80. The Morgan fingerprint density at radius 3 is 2.45 bits per heavy atom. The maximum atomic E-state index is 14.2. The molecule has 0 bridgehead atoms. The molecule has 0 unspecified atom stereocenters. The minimum atomic E-state index is -0.206. The van der Waals surface area contributed by atoms with E-state index in [0.717, 1.165) is 44.0 Å². The van der Waals surface area contributed by atoms with E-state index in [1.54, 1.807) is 18.0 Å². The predicted octanol–water partition coefficient (Wildman–Crippen LogP) is 3.22. The second-order valence-corrected chi connectivity index (χ2v) is 7.79. The third kappa shape index (κ3) is 6.19. The molecule has 1 fully saturated rings. The first-order chi connectivity index (χ1) is 14.0. The van der Waals surface area contributed by atoms with Crippen molar-refractivity contribution in [1.82, 2.24) is 15.5 Å². The summed E-state index contributed by atoms with van der Waals surface area (Å²) in [6.45, 7) is 3.69. The van der Waals surface area contributed by atoms with Crippen molar-refractivity contribution < 1.29 is 4.39 Å². The van der Waals surface area contributed by atoms with Gasteiger partial charge in [-0.1, -0.05) is 36.4 Å². The monoisotopic (exact) mass is 397 g/mol. The number of hydrogen-bond donors (Lipinski definition) is 2. The zero-order valence-corrected chi connectivity index (χ0v) is 17.7. The predicted molar refractivity (Wildman–Crippen MR) is 119 cm³/mol. The van der Waals surface area contributed by atoms with Crippen LogP contribution in [0.1, 0.15) is 24.0 Å². The molecule has 156 valence electrons. The van der Waals surface area contributed by atoms with Gasteiger partial charge in [-0.2, -0.15) is 0 Å². The average Bonchev–Trinajstić information content (AvgIpc) is 2.73. The van der Waals surface area contributed by atoms with Crippen LogP contribution in [0.25, 0.3) is 0 Å². The van der Waals surface area contributed by atoms with Gasteiger partial charge >= 0.3 is 0 Å². The normalized spacial score (nSPS) is 15.9. The number of rotatable bonds is 6. The lowest BCUT2D eigenvalue weighted by Crippen LogP contribution is -2.48. The van der Waals surface area contributed by atoms with Gasteiger partial charge in [0.2, 0.25) is 0 Å². The number of nitrogens with one attached hydrogen (secondary N) is 2. The van der Waals surface area contributed by atoms with Crippen molar-refractivity contribution in [3.63, 3.8) is 0 Å². The Morgan fingerprint density at radius 1 is 1.10 bits per heavy atom. The smallest absolute Gasteiger partial charge is 0.191 e. The van der Waals surface area contributed by atoms with Gasteiger partial charge in [0.1, 0.15) is 5.82 Å². The van der Waals surface area contributed by atoms with E-state index in [1.165, 1.54) is 5.56 Å². The van der Waals surface area contributed by atoms with Crippen LogP contribution >= 0.6 is 0 Å². The largest absolute Gasteiger partial charge is 0.375 e. The van der Waals surface area contributed by atoms with Gasteiger partial charge in [-0.25, -0.2) is 4.39 Å². The van der Waals surface area contributed by atoms with Crippen LogP contribution in [0.5, 0.6) is 0 Å². The Kier molecular flexibility index (Phi) is 7.47. The molecule has 2 aromatic rings. The van der Waals surface area contributed by atoms with Gasteiger partial charge in [-0.15, -0.1) is 0 Å². The molecule has 1 aliphatic heterocycles. The van der Waals surface area contributed by atoms with Gasteiger partial charge in [-0.3, -0.25) is 9.89 Å². The number of benzene rings is 2. The second kappa shape index (κ2) is 10.3. The SMILES string of the molecule is CN=C(NCc1ccc(N(C)C)c(F)c1)NC1CCN(Cc2ccccc2)CC1. The fourth-order valence-corrected chi connectivity index (χ4v) is 3.67. The molecule has 0 radical (unpaired) electrons. The lowest BCUT2D eigenvalue weighted by atomic mass is 10.0. The van der Waals surface area contributed by atoms with Gasteiger partial charge in [0.05, 0.1) is 5.69 Å². The Hall–Kier alpha value is -2.60. The van der Waals surface area contributed by atoms with Crippen molar-refractivity contribution in [3.05, 3.63) is 65.5 Å². The van der Waals surface area contributed by atoms with Crippen LogP contribution in [0.4, 0.5) is 10.1 Å². The van der Waals surface area contributed by atoms with Crippen LogP contribution in [0.2, 0.25) is 0 Å². The minimum absolute atomic E-state index is 0.206. The first kappa shape index (κ1) is 21.1. The zero-order chi connectivity index (χ0) is 20.6. The highest BCUT2D eigenvalue weighted by Crippen LogP contribution is 2.18. The van der Waals surface area contributed by atoms with Crippen molar-refractivity contribution >= 4 is 11.6 Å². The minimum Gasteiger partial charge on any atom is -0.375 e. The molecule has 0 saturated carbocycles. The van der Waals surface area contributed by atoms with Gasteiger partial charge in [0.15, 0.2) is 5.96 Å². The standard InChI is InChI=1S/C23H32FN5/c1-25-23(26-16-19-9-10-22(28(2)3)21(24)15-19)27-20-11-13-29(14-12-20)17-18-7-5-4-6-8-18/h4-10,15,20H,11-14,16-17H2,1-3H3,(H2,25,26,27). The maximum absolute atomic E-state index is 14.2. The van der Waals surface area contributed by atoms with Crippen LogP contribution in [-0.2, 0) is 13.1 Å². The van der Waals surface area contributed by atoms with Gasteiger partial charge in [-0.05, 0) is 36.1 Å². The second-order valence-electron chi connectivity index (χ2n) is 7.79. The fourth-order valence-electron chi connectivity index (χ4n) is 3.67. The molecule has 6 heteroatoms.